The molecule has 1 aromatic rings. The minimum atomic E-state index is -0.906. The third kappa shape index (κ3) is 4.16. The maximum atomic E-state index is 14.5. The van der Waals surface area contributed by atoms with Crippen molar-refractivity contribution >= 4 is 11.5 Å². The van der Waals surface area contributed by atoms with Gasteiger partial charge in [-0.2, -0.15) is 0 Å². The van der Waals surface area contributed by atoms with Gasteiger partial charge < -0.3 is 14.6 Å². The Balaban J connectivity index is 2.16. The van der Waals surface area contributed by atoms with E-state index in [1.54, 1.807) is 12.1 Å². The normalized spacial score (nSPS) is 16.9. The van der Waals surface area contributed by atoms with E-state index in [2.05, 4.69) is 0 Å². The zero-order chi connectivity index (χ0) is 16.8. The molecule has 0 radical (unpaired) electrons. The van der Waals surface area contributed by atoms with Crippen molar-refractivity contribution in [3.05, 3.63) is 41.2 Å². The van der Waals surface area contributed by atoms with Crippen LogP contribution in [0.1, 0.15) is 17.5 Å². The fourth-order valence-electron chi connectivity index (χ4n) is 2.80. The van der Waals surface area contributed by atoms with E-state index < -0.39 is 12.0 Å². The van der Waals surface area contributed by atoms with Crippen molar-refractivity contribution in [1.29, 1.82) is 0 Å². The first-order valence-electron chi connectivity index (χ1n) is 7.50. The SMILES string of the molecule is COCc1cccc(C2=CCN(C(COC)C(=O)O)CC2)c1F. The van der Waals surface area contributed by atoms with Gasteiger partial charge in [-0.3, -0.25) is 9.69 Å². The summed E-state index contributed by atoms with van der Waals surface area (Å²) in [6, 6.07) is 4.59. The average Bonchev–Trinajstić information content (AvgIpc) is 2.55. The molecule has 0 amide bonds. The molecule has 0 saturated carbocycles. The van der Waals surface area contributed by atoms with Gasteiger partial charge in [0.1, 0.15) is 11.9 Å². The van der Waals surface area contributed by atoms with Crippen LogP contribution in [0.25, 0.3) is 5.57 Å². The maximum Gasteiger partial charge on any atom is 0.323 e. The molecule has 0 aromatic heterocycles. The van der Waals surface area contributed by atoms with Gasteiger partial charge in [-0.25, -0.2) is 4.39 Å². The van der Waals surface area contributed by atoms with Crippen LogP contribution in [-0.4, -0.2) is 55.9 Å². The molecule has 0 spiro atoms. The maximum absolute atomic E-state index is 14.5. The Morgan fingerprint density at radius 3 is 2.74 bits per heavy atom. The molecule has 1 N–H and O–H groups in total. The van der Waals surface area contributed by atoms with Crippen LogP contribution in [0.2, 0.25) is 0 Å². The summed E-state index contributed by atoms with van der Waals surface area (Å²) >= 11 is 0. The van der Waals surface area contributed by atoms with E-state index >= 15 is 0 Å². The number of carbonyl (C=O) groups is 1. The Bertz CT molecular complexity index is 588. The van der Waals surface area contributed by atoms with Gasteiger partial charge in [0.25, 0.3) is 0 Å². The Labute approximate surface area is 135 Å². The second kappa shape index (κ2) is 8.19. The molecule has 1 unspecified atom stereocenters. The van der Waals surface area contributed by atoms with Crippen LogP contribution < -0.4 is 0 Å². The van der Waals surface area contributed by atoms with Crippen molar-refractivity contribution in [2.24, 2.45) is 0 Å². The third-order valence-corrected chi connectivity index (χ3v) is 4.02. The highest BCUT2D eigenvalue weighted by Gasteiger charge is 2.27. The van der Waals surface area contributed by atoms with Crippen molar-refractivity contribution in [3.8, 4) is 0 Å². The first-order valence-corrected chi connectivity index (χ1v) is 7.50. The molecule has 1 atom stereocenters. The standard InChI is InChI=1S/C17H22FNO4/c1-22-10-13-4-3-5-14(16(13)18)12-6-8-19(9-7-12)15(11-23-2)17(20)21/h3-6,15H,7-11H2,1-2H3,(H,20,21). The number of hydrogen-bond donors (Lipinski definition) is 1. The number of nitrogens with zero attached hydrogens (tertiary/aromatic N) is 1. The highest BCUT2D eigenvalue weighted by atomic mass is 19.1. The number of methoxy groups -OCH3 is 2. The first-order chi connectivity index (χ1) is 11.1. The van der Waals surface area contributed by atoms with Crippen LogP contribution >= 0.6 is 0 Å². The monoisotopic (exact) mass is 323 g/mol. The van der Waals surface area contributed by atoms with Crippen LogP contribution in [0.5, 0.6) is 0 Å². The fourth-order valence-corrected chi connectivity index (χ4v) is 2.80. The van der Waals surface area contributed by atoms with Crippen LogP contribution in [0.3, 0.4) is 0 Å². The number of hydrogen-bond acceptors (Lipinski definition) is 4. The number of carboxylic acids is 1. The predicted octanol–water partition coefficient (Wildman–Crippen LogP) is 2.16. The van der Waals surface area contributed by atoms with Crippen LogP contribution in [0.4, 0.5) is 4.39 Å². The second-order valence-corrected chi connectivity index (χ2v) is 5.50. The summed E-state index contributed by atoms with van der Waals surface area (Å²) in [6.07, 6.45) is 2.49. The highest BCUT2D eigenvalue weighted by Crippen LogP contribution is 2.27. The van der Waals surface area contributed by atoms with E-state index in [9.17, 15) is 14.3 Å². The molecular formula is C17H22FNO4. The van der Waals surface area contributed by atoms with Gasteiger partial charge >= 0.3 is 5.97 Å². The predicted molar refractivity (Wildman–Crippen MR) is 84.6 cm³/mol. The van der Waals surface area contributed by atoms with Gasteiger partial charge in [0.15, 0.2) is 0 Å². The first kappa shape index (κ1) is 17.6. The lowest BCUT2D eigenvalue weighted by Gasteiger charge is -2.31. The Hall–Kier alpha value is -1.76. The van der Waals surface area contributed by atoms with Crippen LogP contribution in [0, 0.1) is 5.82 Å². The fraction of sp³-hybridized carbons (Fsp3) is 0.471. The number of ether oxygens (including phenoxy) is 2. The molecule has 6 heteroatoms. The molecule has 2 rings (SSSR count). The molecule has 0 saturated heterocycles. The van der Waals surface area contributed by atoms with E-state index in [-0.39, 0.29) is 19.0 Å². The summed E-state index contributed by atoms with van der Waals surface area (Å²) in [7, 11) is 3.02. The minimum absolute atomic E-state index is 0.135. The smallest absolute Gasteiger partial charge is 0.323 e. The van der Waals surface area contributed by atoms with E-state index in [1.807, 2.05) is 17.0 Å². The summed E-state index contributed by atoms with van der Waals surface area (Å²) in [4.78, 5) is 13.1. The molecule has 1 heterocycles. The molecule has 1 aliphatic rings. The summed E-state index contributed by atoms with van der Waals surface area (Å²) in [5, 5.41) is 9.26. The van der Waals surface area contributed by atoms with Gasteiger partial charge in [-0.05, 0) is 12.0 Å². The Kier molecular flexibility index (Phi) is 6.27. The third-order valence-electron chi connectivity index (χ3n) is 4.02. The van der Waals surface area contributed by atoms with E-state index in [1.165, 1.54) is 14.2 Å². The lowest BCUT2D eigenvalue weighted by atomic mass is 9.96. The van der Waals surface area contributed by atoms with E-state index in [0.29, 0.717) is 30.6 Å². The Morgan fingerprint density at radius 2 is 2.17 bits per heavy atom. The van der Waals surface area contributed by atoms with Crippen LogP contribution in [0.15, 0.2) is 24.3 Å². The molecule has 5 nitrogen and oxygen atoms in total. The number of halogens is 1. The van der Waals surface area contributed by atoms with E-state index in [0.717, 1.165) is 5.57 Å². The topological polar surface area (TPSA) is 59.0 Å². The largest absolute Gasteiger partial charge is 0.480 e. The summed E-state index contributed by atoms with van der Waals surface area (Å²) in [5.74, 6) is -1.17. The summed E-state index contributed by atoms with van der Waals surface area (Å²) < 4.78 is 24.5. The molecule has 0 fully saturated rings. The molecule has 1 aromatic carbocycles. The average molecular weight is 323 g/mol. The molecular weight excluding hydrogens is 301 g/mol. The minimum Gasteiger partial charge on any atom is -0.480 e. The number of rotatable bonds is 7. The van der Waals surface area contributed by atoms with Crippen molar-refractivity contribution in [3.63, 3.8) is 0 Å². The van der Waals surface area contributed by atoms with Crippen molar-refractivity contribution in [1.82, 2.24) is 4.90 Å². The van der Waals surface area contributed by atoms with Gasteiger partial charge in [0.2, 0.25) is 0 Å². The van der Waals surface area contributed by atoms with Crippen molar-refractivity contribution < 1.29 is 23.8 Å². The molecule has 1 aliphatic heterocycles. The van der Waals surface area contributed by atoms with Gasteiger partial charge in [0.05, 0.1) is 13.2 Å². The zero-order valence-corrected chi connectivity index (χ0v) is 13.4. The number of benzene rings is 1. The summed E-state index contributed by atoms with van der Waals surface area (Å²) in [6.45, 7) is 1.38. The van der Waals surface area contributed by atoms with Crippen molar-refractivity contribution in [2.75, 3.05) is 33.9 Å². The quantitative estimate of drug-likeness (QED) is 0.833. The second-order valence-electron chi connectivity index (χ2n) is 5.50. The Morgan fingerprint density at radius 1 is 1.39 bits per heavy atom. The lowest BCUT2D eigenvalue weighted by molar-refractivity contribution is -0.145. The van der Waals surface area contributed by atoms with Crippen LogP contribution in [-0.2, 0) is 20.9 Å². The van der Waals surface area contributed by atoms with Gasteiger partial charge in [-0.15, -0.1) is 0 Å². The number of aliphatic carboxylic acids is 1. The highest BCUT2D eigenvalue weighted by molar-refractivity contribution is 5.74. The van der Waals surface area contributed by atoms with Gasteiger partial charge in [-0.1, -0.05) is 24.3 Å². The summed E-state index contributed by atoms with van der Waals surface area (Å²) in [5.41, 5.74) is 1.99. The lowest BCUT2D eigenvalue weighted by Crippen LogP contribution is -2.46. The van der Waals surface area contributed by atoms with Gasteiger partial charge in [0, 0.05) is 38.4 Å². The molecule has 0 bridgehead atoms. The molecule has 0 aliphatic carbocycles. The van der Waals surface area contributed by atoms with E-state index in [4.69, 9.17) is 9.47 Å². The molecule has 23 heavy (non-hydrogen) atoms. The molecule has 126 valence electrons. The number of carboxylic acid groups (broad SMARTS) is 1. The zero-order valence-electron chi connectivity index (χ0n) is 13.4. The van der Waals surface area contributed by atoms with Crippen molar-refractivity contribution in [2.45, 2.75) is 19.1 Å².